The van der Waals surface area contributed by atoms with E-state index in [1.165, 1.54) is 26.4 Å². The van der Waals surface area contributed by atoms with Crippen molar-refractivity contribution in [2.45, 2.75) is 17.9 Å². The van der Waals surface area contributed by atoms with Crippen LogP contribution in [0.25, 0.3) is 11.0 Å². The Morgan fingerprint density at radius 3 is 2.43 bits per heavy atom. The van der Waals surface area contributed by atoms with E-state index in [0.717, 1.165) is 25.3 Å². The lowest BCUT2D eigenvalue weighted by Gasteiger charge is -2.33. The van der Waals surface area contributed by atoms with Crippen molar-refractivity contribution in [2.24, 2.45) is 0 Å². The van der Waals surface area contributed by atoms with Gasteiger partial charge in [0.2, 0.25) is 0 Å². The summed E-state index contributed by atoms with van der Waals surface area (Å²) in [4.78, 5) is 2.18. The number of methoxy groups -OCH3 is 2. The molecule has 0 spiro atoms. The lowest BCUT2D eigenvalue weighted by atomic mass is 10.1. The predicted molar refractivity (Wildman–Crippen MR) is 113 cm³/mol. The van der Waals surface area contributed by atoms with Crippen LogP contribution >= 0.6 is 0 Å². The van der Waals surface area contributed by atoms with Crippen LogP contribution in [0.1, 0.15) is 6.92 Å². The smallest absolute Gasteiger partial charge is 0.339 e. The molecule has 1 N–H and O–H groups in total. The first kappa shape index (κ1) is 20.4. The first-order valence-electron chi connectivity index (χ1n) is 9.57. The maximum absolute atomic E-state index is 13.1. The van der Waals surface area contributed by atoms with Gasteiger partial charge >= 0.3 is 10.1 Å². The molecule has 0 amide bonds. The maximum atomic E-state index is 13.1. The van der Waals surface area contributed by atoms with Crippen molar-refractivity contribution in [1.29, 1.82) is 0 Å². The Kier molecular flexibility index (Phi) is 5.48. The standard InChI is InChI=1S/C21H24N2O6S/c1-14-13-23(6-5-22-14)20-12-19(8-15-4-7-28-21(15)20)30(24,25)29-18-10-16(26-2)9-17(11-18)27-3/h4,7-12,14,22H,5-6,13H2,1-3H3/t14-/m0/s1. The molecule has 3 aromatic rings. The Balaban J connectivity index is 1.73. The molecule has 0 radical (unpaired) electrons. The Labute approximate surface area is 175 Å². The minimum Gasteiger partial charge on any atom is -0.496 e. The van der Waals surface area contributed by atoms with Crippen LogP contribution in [0.2, 0.25) is 0 Å². The van der Waals surface area contributed by atoms with E-state index in [-0.39, 0.29) is 16.7 Å². The van der Waals surface area contributed by atoms with Crippen LogP contribution in [-0.2, 0) is 10.1 Å². The maximum Gasteiger partial charge on any atom is 0.339 e. The van der Waals surface area contributed by atoms with Crippen molar-refractivity contribution in [3.8, 4) is 17.2 Å². The van der Waals surface area contributed by atoms with Gasteiger partial charge in [-0.3, -0.25) is 0 Å². The third-order valence-corrected chi connectivity index (χ3v) is 6.26. The molecule has 2 aromatic carbocycles. The van der Waals surface area contributed by atoms with Crippen molar-refractivity contribution < 1.29 is 26.5 Å². The summed E-state index contributed by atoms with van der Waals surface area (Å²) in [5, 5.41) is 4.08. The van der Waals surface area contributed by atoms with E-state index >= 15 is 0 Å². The zero-order valence-electron chi connectivity index (χ0n) is 17.0. The van der Waals surface area contributed by atoms with Crippen LogP contribution in [-0.4, -0.2) is 48.3 Å². The molecule has 160 valence electrons. The molecule has 8 nitrogen and oxygen atoms in total. The van der Waals surface area contributed by atoms with Gasteiger partial charge in [-0.05, 0) is 25.1 Å². The molecule has 0 bridgehead atoms. The fourth-order valence-corrected chi connectivity index (χ4v) is 4.54. The molecule has 30 heavy (non-hydrogen) atoms. The van der Waals surface area contributed by atoms with Crippen LogP contribution in [0.3, 0.4) is 0 Å². The van der Waals surface area contributed by atoms with Gasteiger partial charge in [0, 0.05) is 49.3 Å². The summed E-state index contributed by atoms with van der Waals surface area (Å²) >= 11 is 0. The zero-order chi connectivity index (χ0) is 21.3. The first-order chi connectivity index (χ1) is 14.4. The highest BCUT2D eigenvalue weighted by molar-refractivity contribution is 7.87. The van der Waals surface area contributed by atoms with E-state index in [2.05, 4.69) is 17.1 Å². The van der Waals surface area contributed by atoms with Crippen LogP contribution in [0, 0.1) is 0 Å². The van der Waals surface area contributed by atoms with Gasteiger partial charge in [0.1, 0.15) is 22.1 Å². The van der Waals surface area contributed by atoms with Crippen molar-refractivity contribution >= 4 is 26.8 Å². The second-order valence-electron chi connectivity index (χ2n) is 7.17. The summed E-state index contributed by atoms with van der Waals surface area (Å²) in [5.41, 5.74) is 1.39. The number of fused-ring (bicyclic) bond motifs is 1. The van der Waals surface area contributed by atoms with Gasteiger partial charge < -0.3 is 28.3 Å². The number of hydrogen-bond acceptors (Lipinski definition) is 8. The third kappa shape index (κ3) is 4.03. The fourth-order valence-electron chi connectivity index (χ4n) is 3.57. The Hall–Kier alpha value is -2.91. The summed E-state index contributed by atoms with van der Waals surface area (Å²) in [5.74, 6) is 0.969. The quantitative estimate of drug-likeness (QED) is 0.595. The zero-order valence-corrected chi connectivity index (χ0v) is 17.9. The summed E-state index contributed by atoms with van der Waals surface area (Å²) in [6.45, 7) is 4.39. The van der Waals surface area contributed by atoms with Crippen molar-refractivity contribution in [3.05, 3.63) is 42.7 Å². The van der Waals surface area contributed by atoms with Crippen LogP contribution in [0.15, 0.2) is 52.0 Å². The summed E-state index contributed by atoms with van der Waals surface area (Å²) in [7, 11) is -1.13. The Morgan fingerprint density at radius 1 is 1.07 bits per heavy atom. The minimum absolute atomic E-state index is 0.0550. The average molecular weight is 432 g/mol. The molecule has 0 unspecified atom stereocenters. The van der Waals surface area contributed by atoms with E-state index in [0.29, 0.717) is 22.5 Å². The van der Waals surface area contributed by atoms with Crippen molar-refractivity contribution in [3.63, 3.8) is 0 Å². The fraction of sp³-hybridized carbons (Fsp3) is 0.333. The third-order valence-electron chi connectivity index (χ3n) is 5.03. The number of ether oxygens (including phenoxy) is 2. The van der Waals surface area contributed by atoms with Gasteiger partial charge in [-0.25, -0.2) is 0 Å². The number of rotatable bonds is 6. The molecule has 4 rings (SSSR count). The topological polar surface area (TPSA) is 90.2 Å². The molecule has 9 heteroatoms. The molecule has 1 aliphatic rings. The summed E-state index contributed by atoms with van der Waals surface area (Å²) < 4.78 is 47.7. The predicted octanol–water partition coefficient (Wildman–Crippen LogP) is 3.02. The number of anilines is 1. The number of benzene rings is 2. The molecule has 2 heterocycles. The number of hydrogen-bond donors (Lipinski definition) is 1. The van der Waals surface area contributed by atoms with Gasteiger partial charge in [-0.2, -0.15) is 8.42 Å². The second kappa shape index (κ2) is 8.08. The van der Waals surface area contributed by atoms with Gasteiger partial charge in [-0.1, -0.05) is 0 Å². The Morgan fingerprint density at radius 2 is 1.77 bits per heavy atom. The summed E-state index contributed by atoms with van der Waals surface area (Å²) in [6.07, 6.45) is 1.56. The van der Waals surface area contributed by atoms with Crippen LogP contribution in [0.5, 0.6) is 17.2 Å². The van der Waals surface area contributed by atoms with Crippen molar-refractivity contribution in [1.82, 2.24) is 5.32 Å². The van der Waals surface area contributed by atoms with Crippen molar-refractivity contribution in [2.75, 3.05) is 38.8 Å². The molecular formula is C21H24N2O6S. The first-order valence-corrected chi connectivity index (χ1v) is 11.0. The molecule has 1 atom stereocenters. The molecule has 1 aliphatic heterocycles. The number of nitrogens with zero attached hydrogens (tertiary/aromatic N) is 1. The number of nitrogens with one attached hydrogen (secondary N) is 1. The van der Waals surface area contributed by atoms with E-state index in [1.807, 2.05) is 0 Å². The molecule has 1 aromatic heterocycles. The average Bonchev–Trinajstić information content (AvgIpc) is 3.21. The molecular weight excluding hydrogens is 408 g/mol. The van der Waals surface area contributed by atoms with E-state index in [4.69, 9.17) is 18.1 Å². The van der Waals surface area contributed by atoms with Gasteiger partial charge in [-0.15, -0.1) is 0 Å². The monoisotopic (exact) mass is 432 g/mol. The molecule has 1 saturated heterocycles. The summed E-state index contributed by atoms with van der Waals surface area (Å²) in [6, 6.07) is 9.82. The lowest BCUT2D eigenvalue weighted by molar-refractivity contribution is 0.390. The second-order valence-corrected chi connectivity index (χ2v) is 8.71. The van der Waals surface area contributed by atoms with Crippen LogP contribution in [0.4, 0.5) is 5.69 Å². The normalized spacial score (nSPS) is 17.2. The van der Waals surface area contributed by atoms with Gasteiger partial charge in [0.15, 0.2) is 5.58 Å². The van der Waals surface area contributed by atoms with E-state index in [9.17, 15) is 8.42 Å². The van der Waals surface area contributed by atoms with E-state index in [1.54, 1.807) is 30.5 Å². The number of furan rings is 1. The minimum atomic E-state index is -4.10. The lowest BCUT2D eigenvalue weighted by Crippen LogP contribution is -2.49. The highest BCUT2D eigenvalue weighted by Crippen LogP contribution is 2.34. The largest absolute Gasteiger partial charge is 0.496 e. The van der Waals surface area contributed by atoms with Gasteiger partial charge in [0.05, 0.1) is 26.2 Å². The highest BCUT2D eigenvalue weighted by Gasteiger charge is 2.25. The SMILES string of the molecule is COc1cc(OC)cc(OS(=O)(=O)c2cc(N3CCN[C@@H](C)C3)c3occc3c2)c1. The van der Waals surface area contributed by atoms with E-state index < -0.39 is 10.1 Å². The highest BCUT2D eigenvalue weighted by atomic mass is 32.2. The van der Waals surface area contributed by atoms with Gasteiger partial charge in [0.25, 0.3) is 0 Å². The molecule has 0 saturated carbocycles. The molecule has 0 aliphatic carbocycles. The van der Waals surface area contributed by atoms with Crippen LogP contribution < -0.4 is 23.9 Å². The Bertz CT molecular complexity index is 1140. The molecule has 1 fully saturated rings. The number of piperazine rings is 1.